The predicted molar refractivity (Wildman–Crippen MR) is 94.2 cm³/mol. The van der Waals surface area contributed by atoms with E-state index < -0.39 is 23.7 Å². The highest BCUT2D eigenvalue weighted by Gasteiger charge is 2.34. The van der Waals surface area contributed by atoms with Crippen molar-refractivity contribution < 1.29 is 22.0 Å². The summed E-state index contributed by atoms with van der Waals surface area (Å²) in [6, 6.07) is 2.05. The van der Waals surface area contributed by atoms with Gasteiger partial charge in [0.2, 0.25) is 5.56 Å². The van der Waals surface area contributed by atoms with Crippen molar-refractivity contribution in [3.8, 4) is 0 Å². The van der Waals surface area contributed by atoms with Crippen molar-refractivity contribution in [3.63, 3.8) is 0 Å². The van der Waals surface area contributed by atoms with Crippen LogP contribution in [0.4, 0.5) is 22.0 Å². The van der Waals surface area contributed by atoms with E-state index in [1.54, 1.807) is 34.6 Å². The standard InChI is InChI=1S/C10H12F3N.C9H11F2NO/c1-6(2)8-5-14-7(3)4-9(8)10(11,12)13;1-5(2)7-4-12-8(13)3-6(7)9(10)11/h4-6H,1-3H3;3-5,9H,1-2H3,(H,12,13). The van der Waals surface area contributed by atoms with Gasteiger partial charge in [-0.15, -0.1) is 0 Å². The van der Waals surface area contributed by atoms with Gasteiger partial charge < -0.3 is 4.98 Å². The lowest BCUT2D eigenvalue weighted by molar-refractivity contribution is -0.138. The summed E-state index contributed by atoms with van der Waals surface area (Å²) in [4.78, 5) is 17.0. The molecule has 0 saturated heterocycles. The topological polar surface area (TPSA) is 45.8 Å². The van der Waals surface area contributed by atoms with E-state index >= 15 is 0 Å². The Balaban J connectivity index is 0.000000271. The number of nitrogens with one attached hydrogen (secondary N) is 1. The molecule has 0 radical (unpaired) electrons. The first-order chi connectivity index (χ1) is 12.3. The summed E-state index contributed by atoms with van der Waals surface area (Å²) in [5, 5.41) is 0. The molecule has 2 heterocycles. The largest absolute Gasteiger partial charge is 0.416 e. The van der Waals surface area contributed by atoms with E-state index in [1.807, 2.05) is 0 Å². The van der Waals surface area contributed by atoms with E-state index in [-0.39, 0.29) is 23.0 Å². The van der Waals surface area contributed by atoms with E-state index in [1.165, 1.54) is 12.4 Å². The SMILES string of the molecule is CC(C)c1c[nH]c(=O)cc1C(F)F.Cc1cc(C(F)(F)F)c(C(C)C)cn1. The average Bonchev–Trinajstić information content (AvgIpc) is 2.53. The lowest BCUT2D eigenvalue weighted by Crippen LogP contribution is -2.11. The van der Waals surface area contributed by atoms with Crippen molar-refractivity contribution in [3.05, 3.63) is 62.8 Å². The van der Waals surface area contributed by atoms with Crippen LogP contribution in [0.15, 0.2) is 29.3 Å². The molecule has 0 aliphatic carbocycles. The van der Waals surface area contributed by atoms with Crippen LogP contribution in [0.25, 0.3) is 0 Å². The Labute approximate surface area is 154 Å². The van der Waals surface area contributed by atoms with E-state index in [2.05, 4.69) is 9.97 Å². The molecule has 3 nitrogen and oxygen atoms in total. The van der Waals surface area contributed by atoms with Gasteiger partial charge in [0.15, 0.2) is 0 Å². The Morgan fingerprint density at radius 2 is 1.52 bits per heavy atom. The molecule has 2 aromatic rings. The van der Waals surface area contributed by atoms with Crippen LogP contribution in [0.2, 0.25) is 0 Å². The zero-order valence-electron chi connectivity index (χ0n) is 15.8. The van der Waals surface area contributed by atoms with Gasteiger partial charge in [0.25, 0.3) is 6.43 Å². The highest BCUT2D eigenvalue weighted by atomic mass is 19.4. The van der Waals surface area contributed by atoms with Crippen LogP contribution in [0.1, 0.15) is 73.9 Å². The Hall–Kier alpha value is -2.25. The molecule has 0 spiro atoms. The zero-order valence-corrected chi connectivity index (χ0v) is 15.8. The fraction of sp³-hybridized carbons (Fsp3) is 0.474. The van der Waals surface area contributed by atoms with E-state index in [4.69, 9.17) is 0 Å². The molecule has 27 heavy (non-hydrogen) atoms. The number of alkyl halides is 5. The minimum absolute atomic E-state index is 0.0131. The molecule has 1 N–H and O–H groups in total. The van der Waals surface area contributed by atoms with Gasteiger partial charge in [0.05, 0.1) is 5.56 Å². The third-order valence-electron chi connectivity index (χ3n) is 3.85. The highest BCUT2D eigenvalue weighted by Crippen LogP contribution is 2.35. The van der Waals surface area contributed by atoms with E-state index in [0.29, 0.717) is 11.3 Å². The van der Waals surface area contributed by atoms with Gasteiger partial charge >= 0.3 is 6.18 Å². The van der Waals surface area contributed by atoms with Crippen molar-refractivity contribution in [2.75, 3.05) is 0 Å². The average molecular weight is 390 g/mol. The summed E-state index contributed by atoms with van der Waals surface area (Å²) < 4.78 is 62.5. The second kappa shape index (κ2) is 9.10. The maximum Gasteiger partial charge on any atom is 0.416 e. The molecular weight excluding hydrogens is 367 g/mol. The predicted octanol–water partition coefficient (Wildman–Crippen LogP) is 5.97. The zero-order chi connectivity index (χ0) is 20.9. The smallest absolute Gasteiger partial charge is 0.329 e. The number of aromatic amines is 1. The van der Waals surface area contributed by atoms with Gasteiger partial charge in [0.1, 0.15) is 0 Å². The number of pyridine rings is 2. The number of nitrogens with zero attached hydrogens (tertiary/aromatic N) is 1. The molecule has 0 atom stereocenters. The Morgan fingerprint density at radius 1 is 0.963 bits per heavy atom. The van der Waals surface area contributed by atoms with E-state index in [9.17, 15) is 26.7 Å². The second-order valence-electron chi connectivity index (χ2n) is 6.73. The van der Waals surface area contributed by atoms with Gasteiger partial charge in [-0.3, -0.25) is 9.78 Å². The molecule has 0 aliphatic rings. The Morgan fingerprint density at radius 3 is 1.96 bits per heavy atom. The quantitative estimate of drug-likeness (QED) is 0.657. The number of halogens is 5. The number of aryl methyl sites for hydroxylation is 1. The number of hydrogen-bond donors (Lipinski definition) is 1. The van der Waals surface area contributed by atoms with Crippen LogP contribution in [0, 0.1) is 6.92 Å². The molecule has 2 aromatic heterocycles. The monoisotopic (exact) mass is 390 g/mol. The molecule has 0 unspecified atom stereocenters. The summed E-state index contributed by atoms with van der Waals surface area (Å²) in [6.07, 6.45) is -4.20. The summed E-state index contributed by atoms with van der Waals surface area (Å²) in [6.45, 7) is 8.61. The molecule has 0 amide bonds. The van der Waals surface area contributed by atoms with Crippen LogP contribution >= 0.6 is 0 Å². The Kier molecular flexibility index (Phi) is 7.68. The third-order valence-corrected chi connectivity index (χ3v) is 3.85. The number of rotatable bonds is 3. The summed E-state index contributed by atoms with van der Waals surface area (Å²) >= 11 is 0. The van der Waals surface area contributed by atoms with Crippen LogP contribution < -0.4 is 5.56 Å². The van der Waals surface area contributed by atoms with Crippen LogP contribution in [0.5, 0.6) is 0 Å². The third kappa shape index (κ3) is 6.45. The summed E-state index contributed by atoms with van der Waals surface area (Å²) in [7, 11) is 0. The van der Waals surface area contributed by atoms with Crippen LogP contribution in [-0.2, 0) is 6.18 Å². The fourth-order valence-electron chi connectivity index (χ4n) is 2.46. The number of H-pyrrole nitrogens is 1. The number of hydrogen-bond acceptors (Lipinski definition) is 2. The van der Waals surface area contributed by atoms with Gasteiger partial charge in [-0.1, -0.05) is 27.7 Å². The van der Waals surface area contributed by atoms with Crippen molar-refractivity contribution in [2.45, 2.75) is 59.1 Å². The lowest BCUT2D eigenvalue weighted by Gasteiger charge is -2.15. The number of aromatic nitrogens is 2. The van der Waals surface area contributed by atoms with Crippen molar-refractivity contribution in [1.29, 1.82) is 0 Å². The first-order valence-electron chi connectivity index (χ1n) is 8.39. The second-order valence-corrected chi connectivity index (χ2v) is 6.73. The molecule has 0 saturated carbocycles. The lowest BCUT2D eigenvalue weighted by atomic mass is 9.98. The maximum absolute atomic E-state index is 12.6. The van der Waals surface area contributed by atoms with Crippen LogP contribution in [-0.4, -0.2) is 9.97 Å². The maximum atomic E-state index is 12.6. The molecule has 0 bridgehead atoms. The van der Waals surface area contributed by atoms with E-state index in [0.717, 1.165) is 12.1 Å². The first kappa shape index (κ1) is 22.8. The normalized spacial score (nSPS) is 11.7. The van der Waals surface area contributed by atoms with Crippen molar-refractivity contribution >= 4 is 0 Å². The molecule has 150 valence electrons. The highest BCUT2D eigenvalue weighted by molar-refractivity contribution is 5.31. The molecule has 0 aromatic carbocycles. The molecular formula is C19H23F5N2O. The van der Waals surface area contributed by atoms with Gasteiger partial charge in [-0.2, -0.15) is 13.2 Å². The van der Waals surface area contributed by atoms with Crippen molar-refractivity contribution in [2.24, 2.45) is 0 Å². The van der Waals surface area contributed by atoms with Gasteiger partial charge in [-0.05, 0) is 36.0 Å². The minimum atomic E-state index is -4.28. The van der Waals surface area contributed by atoms with Crippen molar-refractivity contribution in [1.82, 2.24) is 9.97 Å². The van der Waals surface area contributed by atoms with Gasteiger partial charge in [0, 0.05) is 29.7 Å². The van der Waals surface area contributed by atoms with Crippen LogP contribution in [0.3, 0.4) is 0 Å². The molecule has 2 rings (SSSR count). The molecule has 0 aliphatic heterocycles. The summed E-state index contributed by atoms with van der Waals surface area (Å²) in [5.41, 5.74) is -0.0853. The summed E-state index contributed by atoms with van der Waals surface area (Å²) in [5.74, 6) is -0.180. The minimum Gasteiger partial charge on any atom is -0.329 e. The molecule has 0 fully saturated rings. The molecule has 8 heteroatoms. The fourth-order valence-corrected chi connectivity index (χ4v) is 2.46. The van der Waals surface area contributed by atoms with Gasteiger partial charge in [-0.25, -0.2) is 8.78 Å². The Bertz CT molecular complexity index is 810. The first-order valence-corrected chi connectivity index (χ1v) is 8.39.